The van der Waals surface area contributed by atoms with Crippen molar-refractivity contribution in [3.63, 3.8) is 0 Å². The fourth-order valence-electron chi connectivity index (χ4n) is 2.96. The van der Waals surface area contributed by atoms with Crippen molar-refractivity contribution in [3.8, 4) is 0 Å². The van der Waals surface area contributed by atoms with Crippen LogP contribution in [0.1, 0.15) is 33.6 Å². The zero-order chi connectivity index (χ0) is 15.5. The predicted octanol–water partition coefficient (Wildman–Crippen LogP) is 0.868. The van der Waals surface area contributed by atoms with Crippen molar-refractivity contribution < 1.29 is 14.6 Å². The minimum Gasteiger partial charge on any atom is -0.396 e. The van der Waals surface area contributed by atoms with E-state index >= 15 is 0 Å². The van der Waals surface area contributed by atoms with E-state index in [9.17, 15) is 9.90 Å². The van der Waals surface area contributed by atoms with Crippen molar-refractivity contribution >= 4 is 5.91 Å². The van der Waals surface area contributed by atoms with E-state index in [0.717, 1.165) is 32.5 Å². The zero-order valence-corrected chi connectivity index (χ0v) is 13.6. The molecule has 2 saturated heterocycles. The van der Waals surface area contributed by atoms with E-state index in [1.54, 1.807) is 0 Å². The summed E-state index contributed by atoms with van der Waals surface area (Å²) in [7, 11) is 0. The molecule has 0 aromatic carbocycles. The number of carbonyl (C=O) groups excluding carboxylic acids is 1. The maximum atomic E-state index is 12.2. The molecule has 21 heavy (non-hydrogen) atoms. The van der Waals surface area contributed by atoms with Crippen molar-refractivity contribution in [2.24, 2.45) is 17.3 Å². The Morgan fingerprint density at radius 2 is 1.95 bits per heavy atom. The number of aliphatic hydroxyl groups excluding tert-OH is 1. The Labute approximate surface area is 128 Å². The minimum absolute atomic E-state index is 0.0543. The summed E-state index contributed by atoms with van der Waals surface area (Å²) in [6.45, 7) is 10.6. The summed E-state index contributed by atoms with van der Waals surface area (Å²) >= 11 is 0. The van der Waals surface area contributed by atoms with Gasteiger partial charge in [-0.1, -0.05) is 13.8 Å². The maximum absolute atomic E-state index is 12.2. The highest BCUT2D eigenvalue weighted by Gasteiger charge is 2.40. The Bertz CT molecular complexity index is 342. The highest BCUT2D eigenvalue weighted by molar-refractivity contribution is 5.79. The molecule has 0 radical (unpaired) electrons. The van der Waals surface area contributed by atoms with Crippen molar-refractivity contribution in [1.82, 2.24) is 10.2 Å². The molecule has 0 aromatic rings. The van der Waals surface area contributed by atoms with Crippen LogP contribution in [0.15, 0.2) is 0 Å². The number of hydrogen-bond donors (Lipinski definition) is 2. The van der Waals surface area contributed by atoms with E-state index in [-0.39, 0.29) is 29.9 Å². The summed E-state index contributed by atoms with van der Waals surface area (Å²) in [5.41, 5.74) is -0.0543. The van der Waals surface area contributed by atoms with Crippen molar-refractivity contribution in [3.05, 3.63) is 0 Å². The summed E-state index contributed by atoms with van der Waals surface area (Å²) in [5.74, 6) is 0.821. The lowest BCUT2D eigenvalue weighted by Gasteiger charge is -2.44. The quantitative estimate of drug-likeness (QED) is 0.764. The van der Waals surface area contributed by atoms with Gasteiger partial charge in [0.25, 0.3) is 0 Å². The van der Waals surface area contributed by atoms with Crippen LogP contribution < -0.4 is 5.32 Å². The smallest absolute Gasteiger partial charge is 0.223 e. The first kappa shape index (κ1) is 16.7. The van der Waals surface area contributed by atoms with Gasteiger partial charge in [0.1, 0.15) is 0 Å². The Balaban J connectivity index is 1.74. The number of aliphatic hydroxyl groups is 1. The number of piperidine rings is 1. The van der Waals surface area contributed by atoms with Gasteiger partial charge in [0.05, 0.1) is 25.2 Å². The second kappa shape index (κ2) is 7.07. The molecule has 1 unspecified atom stereocenters. The van der Waals surface area contributed by atoms with Gasteiger partial charge in [-0.25, -0.2) is 0 Å². The van der Waals surface area contributed by atoms with Crippen LogP contribution in [0, 0.1) is 17.3 Å². The fourth-order valence-corrected chi connectivity index (χ4v) is 2.96. The molecular formula is C16H30N2O3. The lowest BCUT2D eigenvalue weighted by atomic mass is 9.85. The monoisotopic (exact) mass is 298 g/mol. The first-order valence-corrected chi connectivity index (χ1v) is 8.17. The van der Waals surface area contributed by atoms with Crippen LogP contribution >= 0.6 is 0 Å². The van der Waals surface area contributed by atoms with Gasteiger partial charge in [0, 0.05) is 18.5 Å². The van der Waals surface area contributed by atoms with Crippen LogP contribution in [-0.4, -0.2) is 61.4 Å². The number of amides is 1. The molecular weight excluding hydrogens is 268 g/mol. The molecule has 0 aromatic heterocycles. The third-order valence-electron chi connectivity index (χ3n) is 5.04. The van der Waals surface area contributed by atoms with Gasteiger partial charge < -0.3 is 20.1 Å². The average molecular weight is 298 g/mol. The van der Waals surface area contributed by atoms with Crippen LogP contribution in [0.3, 0.4) is 0 Å². The number of nitrogens with one attached hydrogen (secondary N) is 1. The zero-order valence-electron chi connectivity index (χ0n) is 13.6. The number of nitrogens with zero attached hydrogens (tertiary/aromatic N) is 1. The number of likely N-dealkylation sites (tertiary alicyclic amines) is 1. The summed E-state index contributed by atoms with van der Waals surface area (Å²) < 4.78 is 5.25. The van der Waals surface area contributed by atoms with Gasteiger partial charge >= 0.3 is 0 Å². The molecule has 2 fully saturated rings. The first-order valence-electron chi connectivity index (χ1n) is 8.17. The predicted molar refractivity (Wildman–Crippen MR) is 81.9 cm³/mol. The number of rotatable bonds is 6. The molecule has 2 aliphatic heterocycles. The lowest BCUT2D eigenvalue weighted by Crippen LogP contribution is -2.55. The standard InChI is InChI=1S/C16H30N2O3/c1-12(2)13(3)17-15(20)14-4-6-18(7-5-14)8-16(9-19)10-21-11-16/h12-14,19H,4-11H2,1-3H3,(H,17,20). The molecule has 5 heteroatoms. The first-order chi connectivity index (χ1) is 9.96. The number of ether oxygens (including phenoxy) is 1. The van der Waals surface area contributed by atoms with Crippen LogP contribution in [0.5, 0.6) is 0 Å². The van der Waals surface area contributed by atoms with Gasteiger partial charge in [-0.2, -0.15) is 0 Å². The SMILES string of the molecule is CC(C)C(C)NC(=O)C1CCN(CC2(CO)COC2)CC1. The molecule has 0 saturated carbocycles. The molecule has 2 rings (SSSR count). The highest BCUT2D eigenvalue weighted by atomic mass is 16.5. The molecule has 0 bridgehead atoms. The topological polar surface area (TPSA) is 61.8 Å². The van der Waals surface area contributed by atoms with Gasteiger partial charge in [0.15, 0.2) is 0 Å². The normalized spacial score (nSPS) is 24.6. The second-order valence-corrected chi connectivity index (χ2v) is 7.24. The van der Waals surface area contributed by atoms with Crippen LogP contribution in [0.25, 0.3) is 0 Å². The second-order valence-electron chi connectivity index (χ2n) is 7.24. The molecule has 5 nitrogen and oxygen atoms in total. The van der Waals surface area contributed by atoms with Crippen molar-refractivity contribution in [1.29, 1.82) is 0 Å². The largest absolute Gasteiger partial charge is 0.396 e. The summed E-state index contributed by atoms with van der Waals surface area (Å²) in [4.78, 5) is 14.6. The van der Waals surface area contributed by atoms with Crippen LogP contribution in [0.4, 0.5) is 0 Å². The number of hydrogen-bond acceptors (Lipinski definition) is 4. The molecule has 2 N–H and O–H groups in total. The Morgan fingerprint density at radius 1 is 1.33 bits per heavy atom. The summed E-state index contributed by atoms with van der Waals surface area (Å²) in [5, 5.41) is 12.6. The minimum atomic E-state index is -0.0543. The fraction of sp³-hybridized carbons (Fsp3) is 0.938. The summed E-state index contributed by atoms with van der Waals surface area (Å²) in [6.07, 6.45) is 1.83. The molecule has 2 aliphatic rings. The molecule has 122 valence electrons. The van der Waals surface area contributed by atoms with E-state index < -0.39 is 0 Å². The Morgan fingerprint density at radius 3 is 2.38 bits per heavy atom. The van der Waals surface area contributed by atoms with Crippen molar-refractivity contribution in [2.45, 2.75) is 39.7 Å². The highest BCUT2D eigenvalue weighted by Crippen LogP contribution is 2.29. The third-order valence-corrected chi connectivity index (χ3v) is 5.04. The van der Waals surface area contributed by atoms with E-state index in [4.69, 9.17) is 4.74 Å². The Kier molecular flexibility index (Phi) is 5.63. The van der Waals surface area contributed by atoms with Gasteiger partial charge in [-0.05, 0) is 38.8 Å². The summed E-state index contributed by atoms with van der Waals surface area (Å²) in [6, 6.07) is 0.236. The number of carbonyl (C=O) groups is 1. The molecule has 2 heterocycles. The van der Waals surface area contributed by atoms with Crippen molar-refractivity contribution in [2.75, 3.05) is 39.5 Å². The van der Waals surface area contributed by atoms with Crippen LogP contribution in [0.2, 0.25) is 0 Å². The van der Waals surface area contributed by atoms with E-state index in [1.165, 1.54) is 0 Å². The molecule has 0 aliphatic carbocycles. The van der Waals surface area contributed by atoms with E-state index in [0.29, 0.717) is 19.1 Å². The van der Waals surface area contributed by atoms with Gasteiger partial charge in [0.2, 0.25) is 5.91 Å². The Hall–Kier alpha value is -0.650. The van der Waals surface area contributed by atoms with E-state index in [1.807, 2.05) is 0 Å². The average Bonchev–Trinajstić information content (AvgIpc) is 2.43. The van der Waals surface area contributed by atoms with Crippen LogP contribution in [-0.2, 0) is 9.53 Å². The molecule has 1 amide bonds. The third kappa shape index (κ3) is 4.18. The van der Waals surface area contributed by atoms with Gasteiger partial charge in [-0.15, -0.1) is 0 Å². The lowest BCUT2D eigenvalue weighted by molar-refractivity contribution is -0.151. The molecule has 1 atom stereocenters. The van der Waals surface area contributed by atoms with Gasteiger partial charge in [-0.3, -0.25) is 4.79 Å². The molecule has 0 spiro atoms. The van der Waals surface area contributed by atoms with E-state index in [2.05, 4.69) is 31.0 Å². The maximum Gasteiger partial charge on any atom is 0.223 e.